The third-order valence-corrected chi connectivity index (χ3v) is 4.91. The number of likely N-dealkylation sites (tertiary alicyclic amines) is 1. The minimum Gasteiger partial charge on any atom is -0.381 e. The fourth-order valence-electron chi connectivity index (χ4n) is 3.44. The smallest absolute Gasteiger partial charge is 0.223 e. The first kappa shape index (κ1) is 16.7. The highest BCUT2D eigenvalue weighted by atomic mass is 16.5. The van der Waals surface area contributed by atoms with Gasteiger partial charge >= 0.3 is 0 Å². The highest BCUT2D eigenvalue weighted by Crippen LogP contribution is 2.29. The lowest BCUT2D eigenvalue weighted by Gasteiger charge is -2.32. The Hall–Kier alpha value is -2.13. The number of amides is 1. The van der Waals surface area contributed by atoms with E-state index >= 15 is 0 Å². The number of methoxy groups -OCH3 is 1. The first-order valence-electron chi connectivity index (χ1n) is 8.68. The standard InChI is InChI=1S/C21H25NO2/c1-24-19-12-14-22(15-13-19)21(23)16-20(17-8-4-2-5-9-17)18-10-6-3-7-11-18/h2-11,19-20H,12-16H2,1H3. The zero-order valence-electron chi connectivity index (χ0n) is 14.2. The molecule has 0 aliphatic carbocycles. The van der Waals surface area contributed by atoms with Crippen molar-refractivity contribution in [2.75, 3.05) is 20.2 Å². The van der Waals surface area contributed by atoms with E-state index in [-0.39, 0.29) is 11.8 Å². The van der Waals surface area contributed by atoms with Crippen LogP contribution >= 0.6 is 0 Å². The van der Waals surface area contributed by atoms with E-state index in [1.807, 2.05) is 41.3 Å². The third kappa shape index (κ3) is 4.04. The third-order valence-electron chi connectivity index (χ3n) is 4.91. The molecule has 1 saturated heterocycles. The van der Waals surface area contributed by atoms with Crippen LogP contribution in [-0.4, -0.2) is 37.1 Å². The largest absolute Gasteiger partial charge is 0.381 e. The number of nitrogens with zero attached hydrogens (tertiary/aromatic N) is 1. The SMILES string of the molecule is COC1CCN(C(=O)CC(c2ccccc2)c2ccccc2)CC1. The second-order valence-electron chi connectivity index (χ2n) is 6.39. The van der Waals surface area contributed by atoms with E-state index in [2.05, 4.69) is 24.3 Å². The van der Waals surface area contributed by atoms with E-state index in [0.717, 1.165) is 25.9 Å². The van der Waals surface area contributed by atoms with Crippen LogP contribution in [0.25, 0.3) is 0 Å². The van der Waals surface area contributed by atoms with E-state index in [1.54, 1.807) is 7.11 Å². The molecule has 24 heavy (non-hydrogen) atoms. The molecule has 2 aromatic carbocycles. The van der Waals surface area contributed by atoms with Crippen molar-refractivity contribution >= 4 is 5.91 Å². The number of piperidine rings is 1. The summed E-state index contributed by atoms with van der Waals surface area (Å²) in [6.45, 7) is 1.60. The van der Waals surface area contributed by atoms with Crippen molar-refractivity contribution in [3.8, 4) is 0 Å². The van der Waals surface area contributed by atoms with Gasteiger partial charge in [0.1, 0.15) is 0 Å². The second-order valence-corrected chi connectivity index (χ2v) is 6.39. The van der Waals surface area contributed by atoms with Crippen LogP contribution in [0, 0.1) is 0 Å². The molecule has 0 atom stereocenters. The Morgan fingerprint density at radius 1 is 1.00 bits per heavy atom. The fourth-order valence-corrected chi connectivity index (χ4v) is 3.44. The normalized spacial score (nSPS) is 15.7. The van der Waals surface area contributed by atoms with Gasteiger partial charge in [-0.15, -0.1) is 0 Å². The minimum absolute atomic E-state index is 0.111. The molecule has 1 amide bonds. The molecule has 0 bridgehead atoms. The average Bonchev–Trinajstić information content (AvgIpc) is 2.67. The first-order valence-corrected chi connectivity index (χ1v) is 8.68. The maximum Gasteiger partial charge on any atom is 0.223 e. The van der Waals surface area contributed by atoms with Crippen molar-refractivity contribution < 1.29 is 9.53 Å². The lowest BCUT2D eigenvalue weighted by molar-refractivity contribution is -0.133. The number of ether oxygens (including phenoxy) is 1. The summed E-state index contributed by atoms with van der Waals surface area (Å²) >= 11 is 0. The van der Waals surface area contributed by atoms with E-state index in [0.29, 0.717) is 12.5 Å². The molecule has 0 aromatic heterocycles. The van der Waals surface area contributed by atoms with Crippen molar-refractivity contribution in [2.24, 2.45) is 0 Å². The van der Waals surface area contributed by atoms with Gasteiger partial charge in [-0.1, -0.05) is 60.7 Å². The summed E-state index contributed by atoms with van der Waals surface area (Å²) in [7, 11) is 1.75. The van der Waals surface area contributed by atoms with Gasteiger partial charge in [0.25, 0.3) is 0 Å². The zero-order valence-corrected chi connectivity index (χ0v) is 14.2. The number of hydrogen-bond donors (Lipinski definition) is 0. The molecule has 0 saturated carbocycles. The molecule has 3 heteroatoms. The van der Waals surface area contributed by atoms with Gasteiger partial charge < -0.3 is 9.64 Å². The Kier molecular flexibility index (Phi) is 5.65. The molecule has 0 unspecified atom stereocenters. The molecule has 1 aliphatic heterocycles. The maximum atomic E-state index is 12.8. The molecule has 2 aromatic rings. The van der Waals surface area contributed by atoms with Gasteiger partial charge in [0.2, 0.25) is 5.91 Å². The average molecular weight is 323 g/mol. The molecular formula is C21H25NO2. The van der Waals surface area contributed by atoms with Gasteiger partial charge in [0.05, 0.1) is 6.10 Å². The molecule has 0 radical (unpaired) electrons. The Morgan fingerprint density at radius 3 is 1.96 bits per heavy atom. The van der Waals surface area contributed by atoms with Crippen LogP contribution in [0.3, 0.4) is 0 Å². The highest BCUT2D eigenvalue weighted by Gasteiger charge is 2.25. The molecule has 1 heterocycles. The number of rotatable bonds is 5. The summed E-state index contributed by atoms with van der Waals surface area (Å²) in [5, 5.41) is 0. The number of hydrogen-bond acceptors (Lipinski definition) is 2. The first-order chi connectivity index (χ1) is 11.8. The minimum atomic E-state index is 0.111. The summed E-state index contributed by atoms with van der Waals surface area (Å²) in [6.07, 6.45) is 2.69. The van der Waals surface area contributed by atoms with Gasteiger partial charge in [-0.2, -0.15) is 0 Å². The summed E-state index contributed by atoms with van der Waals surface area (Å²) in [6, 6.07) is 20.7. The van der Waals surface area contributed by atoms with Crippen molar-refractivity contribution in [3.05, 3.63) is 71.8 Å². The van der Waals surface area contributed by atoms with Crippen LogP contribution in [-0.2, 0) is 9.53 Å². The van der Waals surface area contributed by atoms with Crippen molar-refractivity contribution in [3.63, 3.8) is 0 Å². The Labute approximate surface area is 144 Å². The number of benzene rings is 2. The van der Waals surface area contributed by atoms with E-state index in [4.69, 9.17) is 4.74 Å². The number of carbonyl (C=O) groups is 1. The van der Waals surface area contributed by atoms with Crippen molar-refractivity contribution in [1.82, 2.24) is 4.90 Å². The van der Waals surface area contributed by atoms with Crippen LogP contribution in [0.5, 0.6) is 0 Å². The van der Waals surface area contributed by atoms with Crippen LogP contribution in [0.15, 0.2) is 60.7 Å². The molecule has 0 spiro atoms. The summed E-state index contributed by atoms with van der Waals surface area (Å²) < 4.78 is 5.40. The lowest BCUT2D eigenvalue weighted by Crippen LogP contribution is -2.41. The quantitative estimate of drug-likeness (QED) is 0.836. The number of carbonyl (C=O) groups excluding carboxylic acids is 1. The zero-order chi connectivity index (χ0) is 16.8. The Bertz CT molecular complexity index is 594. The Morgan fingerprint density at radius 2 is 1.50 bits per heavy atom. The predicted molar refractivity (Wildman–Crippen MR) is 96.0 cm³/mol. The predicted octanol–water partition coefficient (Wildman–Crippen LogP) is 3.85. The van der Waals surface area contributed by atoms with Gasteiger partial charge in [-0.05, 0) is 24.0 Å². The van der Waals surface area contributed by atoms with E-state index in [1.165, 1.54) is 11.1 Å². The van der Waals surface area contributed by atoms with Crippen LogP contribution < -0.4 is 0 Å². The maximum absolute atomic E-state index is 12.8. The van der Waals surface area contributed by atoms with Crippen molar-refractivity contribution in [1.29, 1.82) is 0 Å². The second kappa shape index (κ2) is 8.11. The molecular weight excluding hydrogens is 298 g/mol. The topological polar surface area (TPSA) is 29.5 Å². The summed E-state index contributed by atoms with van der Waals surface area (Å²) in [5.74, 6) is 0.349. The lowest BCUT2D eigenvalue weighted by atomic mass is 9.88. The fraction of sp³-hybridized carbons (Fsp3) is 0.381. The molecule has 3 rings (SSSR count). The van der Waals surface area contributed by atoms with Crippen LogP contribution in [0.2, 0.25) is 0 Å². The molecule has 0 N–H and O–H groups in total. The molecule has 1 fully saturated rings. The van der Waals surface area contributed by atoms with E-state index < -0.39 is 0 Å². The Balaban J connectivity index is 1.74. The molecule has 1 aliphatic rings. The van der Waals surface area contributed by atoms with Gasteiger partial charge in [-0.25, -0.2) is 0 Å². The molecule has 126 valence electrons. The van der Waals surface area contributed by atoms with Crippen LogP contribution in [0.4, 0.5) is 0 Å². The van der Waals surface area contributed by atoms with E-state index in [9.17, 15) is 4.79 Å². The van der Waals surface area contributed by atoms with Gasteiger partial charge in [0.15, 0.2) is 0 Å². The van der Waals surface area contributed by atoms with Gasteiger partial charge in [-0.3, -0.25) is 4.79 Å². The summed E-state index contributed by atoms with van der Waals surface area (Å²) in [5.41, 5.74) is 2.40. The monoisotopic (exact) mass is 323 g/mol. The van der Waals surface area contributed by atoms with Crippen molar-refractivity contribution in [2.45, 2.75) is 31.3 Å². The van der Waals surface area contributed by atoms with Crippen LogP contribution in [0.1, 0.15) is 36.3 Å². The summed E-state index contributed by atoms with van der Waals surface area (Å²) in [4.78, 5) is 14.8. The molecule has 3 nitrogen and oxygen atoms in total. The highest BCUT2D eigenvalue weighted by molar-refractivity contribution is 5.78. The van der Waals surface area contributed by atoms with Gasteiger partial charge in [0, 0.05) is 32.5 Å².